The molecule has 204 valence electrons. The van der Waals surface area contributed by atoms with E-state index in [0.29, 0.717) is 12.2 Å². The lowest BCUT2D eigenvalue weighted by molar-refractivity contribution is -0.141. The molecule has 0 saturated carbocycles. The number of benzene rings is 2. The van der Waals surface area contributed by atoms with Gasteiger partial charge in [-0.25, -0.2) is 8.42 Å². The fourth-order valence-corrected chi connectivity index (χ4v) is 4.80. The van der Waals surface area contributed by atoms with Crippen LogP contribution in [0.25, 0.3) is 0 Å². The van der Waals surface area contributed by atoms with E-state index < -0.39 is 34.1 Å². The van der Waals surface area contributed by atoms with Gasteiger partial charge in [0.1, 0.15) is 24.1 Å². The van der Waals surface area contributed by atoms with Gasteiger partial charge in [-0.3, -0.25) is 13.9 Å². The van der Waals surface area contributed by atoms with Crippen LogP contribution in [0.5, 0.6) is 11.5 Å². The van der Waals surface area contributed by atoms with Gasteiger partial charge in [0.15, 0.2) is 0 Å². The minimum atomic E-state index is -3.93. The van der Waals surface area contributed by atoms with Crippen LogP contribution in [-0.4, -0.2) is 63.7 Å². The molecule has 0 aliphatic heterocycles. The lowest BCUT2D eigenvalue weighted by Crippen LogP contribution is -2.55. The number of halogens is 1. The van der Waals surface area contributed by atoms with Gasteiger partial charge in [0.2, 0.25) is 21.8 Å². The second-order valence-corrected chi connectivity index (χ2v) is 12.0. The molecule has 2 amide bonds. The summed E-state index contributed by atoms with van der Waals surface area (Å²) in [5.41, 5.74) is 0.322. The van der Waals surface area contributed by atoms with Crippen LogP contribution in [0.15, 0.2) is 42.5 Å². The molecule has 2 aromatic carbocycles. The summed E-state index contributed by atoms with van der Waals surface area (Å²) in [4.78, 5) is 28.5. The SMILES string of the molecule is CC[C@H](C(=O)NC(C)(C)C)N(Cc1cccc(OC)c1)C(=O)CN(c1cc(Cl)ccc1OC)S(C)(=O)=O. The smallest absolute Gasteiger partial charge is 0.244 e. The summed E-state index contributed by atoms with van der Waals surface area (Å²) in [5, 5.41) is 3.21. The summed E-state index contributed by atoms with van der Waals surface area (Å²) in [6.45, 7) is 6.86. The summed E-state index contributed by atoms with van der Waals surface area (Å²) in [7, 11) is -1.000. The van der Waals surface area contributed by atoms with Crippen molar-refractivity contribution in [3.8, 4) is 11.5 Å². The largest absolute Gasteiger partial charge is 0.497 e. The number of hydrogen-bond acceptors (Lipinski definition) is 6. The van der Waals surface area contributed by atoms with Gasteiger partial charge in [0.25, 0.3) is 0 Å². The highest BCUT2D eigenvalue weighted by Gasteiger charge is 2.33. The maximum atomic E-state index is 13.8. The number of nitrogens with zero attached hydrogens (tertiary/aromatic N) is 2. The monoisotopic (exact) mass is 553 g/mol. The van der Waals surface area contributed by atoms with Gasteiger partial charge in [-0.2, -0.15) is 0 Å². The number of carbonyl (C=O) groups excluding carboxylic acids is 2. The lowest BCUT2D eigenvalue weighted by Gasteiger charge is -2.34. The summed E-state index contributed by atoms with van der Waals surface area (Å²) in [5.74, 6) is -0.0679. The second kappa shape index (κ2) is 12.5. The summed E-state index contributed by atoms with van der Waals surface area (Å²) >= 11 is 6.14. The molecule has 0 radical (unpaired) electrons. The van der Waals surface area contributed by atoms with Gasteiger partial charge in [-0.1, -0.05) is 30.7 Å². The third-order valence-corrected chi connectivity index (χ3v) is 6.82. The molecular weight excluding hydrogens is 518 g/mol. The molecule has 37 heavy (non-hydrogen) atoms. The fraction of sp³-hybridized carbons (Fsp3) is 0.462. The minimum absolute atomic E-state index is 0.0659. The van der Waals surface area contributed by atoms with E-state index in [9.17, 15) is 18.0 Å². The van der Waals surface area contributed by atoms with Crippen LogP contribution < -0.4 is 19.1 Å². The van der Waals surface area contributed by atoms with E-state index in [-0.39, 0.29) is 28.9 Å². The number of sulfonamides is 1. The standard InChI is InChI=1S/C26H36ClN3O6S/c1-8-21(25(32)28-26(2,3)4)29(16-18-10-9-11-20(14-18)35-5)24(31)17-30(37(7,33)34)22-15-19(27)12-13-23(22)36-6/h9-15,21H,8,16-17H2,1-7H3,(H,28,32)/t21-/m1/s1. The number of anilines is 1. The van der Waals surface area contributed by atoms with Crippen molar-refractivity contribution in [1.29, 1.82) is 0 Å². The topological polar surface area (TPSA) is 105 Å². The molecule has 0 unspecified atom stereocenters. The number of nitrogens with one attached hydrogen (secondary N) is 1. The Labute approximate surface area is 224 Å². The number of methoxy groups -OCH3 is 2. The first-order chi connectivity index (χ1) is 17.2. The van der Waals surface area contributed by atoms with E-state index in [1.807, 2.05) is 26.8 Å². The third kappa shape index (κ3) is 8.53. The number of hydrogen-bond donors (Lipinski definition) is 1. The van der Waals surface area contributed by atoms with Crippen LogP contribution in [0.4, 0.5) is 5.69 Å². The highest BCUT2D eigenvalue weighted by molar-refractivity contribution is 7.92. The summed E-state index contributed by atoms with van der Waals surface area (Å²) in [6, 6.07) is 10.8. The van der Waals surface area contributed by atoms with Gasteiger partial charge in [0, 0.05) is 17.1 Å². The van der Waals surface area contributed by atoms with Crippen molar-refractivity contribution in [3.63, 3.8) is 0 Å². The molecule has 1 N–H and O–H groups in total. The van der Waals surface area contributed by atoms with E-state index in [0.717, 1.165) is 16.1 Å². The third-order valence-electron chi connectivity index (χ3n) is 5.46. The van der Waals surface area contributed by atoms with Gasteiger partial charge < -0.3 is 19.7 Å². The average molecular weight is 554 g/mol. The van der Waals surface area contributed by atoms with Crippen molar-refractivity contribution in [1.82, 2.24) is 10.2 Å². The summed E-state index contributed by atoms with van der Waals surface area (Å²) < 4.78 is 37.2. The minimum Gasteiger partial charge on any atom is -0.497 e. The predicted octanol–water partition coefficient (Wildman–Crippen LogP) is 3.85. The Morgan fingerprint density at radius 3 is 2.30 bits per heavy atom. The quantitative estimate of drug-likeness (QED) is 0.453. The molecule has 0 aromatic heterocycles. The van der Waals surface area contributed by atoms with Crippen molar-refractivity contribution >= 4 is 39.1 Å². The molecule has 0 bridgehead atoms. The van der Waals surface area contributed by atoms with Crippen molar-refractivity contribution in [3.05, 3.63) is 53.1 Å². The van der Waals surface area contributed by atoms with Gasteiger partial charge >= 0.3 is 0 Å². The highest BCUT2D eigenvalue weighted by Crippen LogP contribution is 2.33. The van der Waals surface area contributed by atoms with Crippen LogP contribution in [0, 0.1) is 0 Å². The fourth-order valence-electron chi connectivity index (χ4n) is 3.79. The normalized spacial score (nSPS) is 12.4. The zero-order chi connectivity index (χ0) is 28.0. The number of ether oxygens (including phenoxy) is 2. The predicted molar refractivity (Wildman–Crippen MR) is 146 cm³/mol. The van der Waals surface area contributed by atoms with Crippen LogP contribution >= 0.6 is 11.6 Å². The van der Waals surface area contributed by atoms with Crippen LogP contribution in [0.3, 0.4) is 0 Å². The van der Waals surface area contributed by atoms with Gasteiger partial charge in [0.05, 0.1) is 26.2 Å². The van der Waals surface area contributed by atoms with Crippen molar-refractivity contribution in [2.45, 2.75) is 52.2 Å². The zero-order valence-corrected chi connectivity index (χ0v) is 23.9. The molecule has 0 aliphatic carbocycles. The number of rotatable bonds is 11. The highest BCUT2D eigenvalue weighted by atomic mass is 35.5. The van der Waals surface area contributed by atoms with E-state index >= 15 is 0 Å². The Morgan fingerprint density at radius 1 is 1.08 bits per heavy atom. The second-order valence-electron chi connectivity index (χ2n) is 9.62. The Balaban J connectivity index is 2.55. The Hall–Kier alpha value is -2.98. The zero-order valence-electron chi connectivity index (χ0n) is 22.4. The molecular formula is C26H36ClN3O6S. The first kappa shape index (κ1) is 30.2. The number of amides is 2. The lowest BCUT2D eigenvalue weighted by atomic mass is 10.1. The molecule has 1 atom stereocenters. The Morgan fingerprint density at radius 2 is 1.76 bits per heavy atom. The maximum Gasteiger partial charge on any atom is 0.244 e. The van der Waals surface area contributed by atoms with Crippen molar-refractivity contribution < 1.29 is 27.5 Å². The van der Waals surface area contributed by atoms with E-state index in [1.54, 1.807) is 31.2 Å². The average Bonchev–Trinajstić information content (AvgIpc) is 2.80. The van der Waals surface area contributed by atoms with Crippen molar-refractivity contribution in [2.75, 3.05) is 31.3 Å². The molecule has 0 heterocycles. The maximum absolute atomic E-state index is 13.8. The molecule has 0 spiro atoms. The van der Waals surface area contributed by atoms with Crippen LogP contribution in [0.2, 0.25) is 5.02 Å². The van der Waals surface area contributed by atoms with Crippen LogP contribution in [-0.2, 0) is 26.2 Å². The van der Waals surface area contributed by atoms with Gasteiger partial charge in [-0.05, 0) is 63.1 Å². The molecule has 2 rings (SSSR count). The summed E-state index contributed by atoms with van der Waals surface area (Å²) in [6.07, 6.45) is 1.31. The molecule has 9 nitrogen and oxygen atoms in total. The molecule has 2 aromatic rings. The van der Waals surface area contributed by atoms with Crippen molar-refractivity contribution in [2.24, 2.45) is 0 Å². The Bertz CT molecular complexity index is 1210. The van der Waals surface area contributed by atoms with E-state index in [4.69, 9.17) is 21.1 Å². The molecule has 0 fully saturated rings. The first-order valence-corrected chi connectivity index (χ1v) is 14.0. The molecule has 11 heteroatoms. The van der Waals surface area contributed by atoms with E-state index in [2.05, 4.69) is 5.32 Å². The van der Waals surface area contributed by atoms with Gasteiger partial charge in [-0.15, -0.1) is 0 Å². The Kier molecular flexibility index (Phi) is 10.2. The molecule has 0 saturated heterocycles. The number of carbonyl (C=O) groups is 2. The molecule has 0 aliphatic rings. The van der Waals surface area contributed by atoms with E-state index in [1.165, 1.54) is 31.3 Å². The first-order valence-electron chi connectivity index (χ1n) is 11.8. The van der Waals surface area contributed by atoms with Crippen LogP contribution in [0.1, 0.15) is 39.7 Å².